The Kier molecular flexibility index (Phi) is 7.07. The van der Waals surface area contributed by atoms with Gasteiger partial charge in [-0.3, -0.25) is 14.5 Å². The van der Waals surface area contributed by atoms with Crippen LogP contribution in [0, 0.1) is 19.7 Å². The van der Waals surface area contributed by atoms with Crippen molar-refractivity contribution < 1.29 is 14.0 Å². The van der Waals surface area contributed by atoms with Crippen LogP contribution in [0.5, 0.6) is 0 Å². The standard InChI is InChI=1S/C21H26FN3O2/c1-14-8-7-11-19(15(14)2)24-20(26)13-25(4)16(3)21(27)23-12-17-9-5-6-10-18(17)22/h5-11,16H,12-13H2,1-4H3,(H,23,27)(H,24,26). The monoisotopic (exact) mass is 371 g/mol. The van der Waals surface area contributed by atoms with E-state index in [-0.39, 0.29) is 30.7 Å². The largest absolute Gasteiger partial charge is 0.351 e. The Hall–Kier alpha value is -2.73. The van der Waals surface area contributed by atoms with Gasteiger partial charge in [-0.1, -0.05) is 30.3 Å². The fourth-order valence-electron chi connectivity index (χ4n) is 2.61. The van der Waals surface area contributed by atoms with E-state index in [0.717, 1.165) is 16.8 Å². The lowest BCUT2D eigenvalue weighted by molar-refractivity contribution is -0.126. The second-order valence-corrected chi connectivity index (χ2v) is 6.70. The lowest BCUT2D eigenvalue weighted by atomic mass is 10.1. The molecule has 0 aromatic heterocycles. The van der Waals surface area contributed by atoms with E-state index in [1.807, 2.05) is 32.0 Å². The molecular formula is C21H26FN3O2. The van der Waals surface area contributed by atoms with Crippen LogP contribution in [0.4, 0.5) is 10.1 Å². The van der Waals surface area contributed by atoms with Gasteiger partial charge in [-0.2, -0.15) is 0 Å². The number of rotatable bonds is 7. The summed E-state index contributed by atoms with van der Waals surface area (Å²) in [6.45, 7) is 5.83. The lowest BCUT2D eigenvalue weighted by Gasteiger charge is -2.23. The van der Waals surface area contributed by atoms with Crippen LogP contribution in [-0.4, -0.2) is 36.3 Å². The summed E-state index contributed by atoms with van der Waals surface area (Å²) in [5, 5.41) is 5.59. The van der Waals surface area contributed by atoms with Crippen molar-refractivity contribution in [2.75, 3.05) is 18.9 Å². The minimum atomic E-state index is -0.527. The normalized spacial score (nSPS) is 11.9. The van der Waals surface area contributed by atoms with E-state index >= 15 is 0 Å². The molecule has 6 heteroatoms. The average molecular weight is 371 g/mol. The maximum Gasteiger partial charge on any atom is 0.238 e. The smallest absolute Gasteiger partial charge is 0.238 e. The van der Waals surface area contributed by atoms with Gasteiger partial charge in [-0.15, -0.1) is 0 Å². The van der Waals surface area contributed by atoms with E-state index in [2.05, 4.69) is 10.6 Å². The Labute approximate surface area is 159 Å². The molecule has 0 saturated heterocycles. The summed E-state index contributed by atoms with van der Waals surface area (Å²) in [5.41, 5.74) is 3.31. The van der Waals surface area contributed by atoms with E-state index < -0.39 is 6.04 Å². The van der Waals surface area contributed by atoms with Crippen molar-refractivity contribution in [1.82, 2.24) is 10.2 Å². The summed E-state index contributed by atoms with van der Waals surface area (Å²) >= 11 is 0. The molecule has 0 spiro atoms. The molecule has 0 heterocycles. The Morgan fingerprint density at radius 1 is 1.11 bits per heavy atom. The second kappa shape index (κ2) is 9.28. The summed E-state index contributed by atoms with van der Waals surface area (Å²) < 4.78 is 13.6. The van der Waals surface area contributed by atoms with Crippen molar-refractivity contribution in [1.29, 1.82) is 0 Å². The fraction of sp³-hybridized carbons (Fsp3) is 0.333. The van der Waals surface area contributed by atoms with Crippen LogP contribution in [0.1, 0.15) is 23.6 Å². The minimum Gasteiger partial charge on any atom is -0.351 e. The molecule has 0 saturated carbocycles. The van der Waals surface area contributed by atoms with Gasteiger partial charge in [-0.05, 0) is 51.1 Å². The van der Waals surface area contributed by atoms with Gasteiger partial charge < -0.3 is 10.6 Å². The molecule has 1 unspecified atom stereocenters. The first-order chi connectivity index (χ1) is 12.8. The molecule has 2 N–H and O–H groups in total. The van der Waals surface area contributed by atoms with Crippen LogP contribution in [0.2, 0.25) is 0 Å². The van der Waals surface area contributed by atoms with Gasteiger partial charge in [0.15, 0.2) is 0 Å². The maximum atomic E-state index is 13.6. The Morgan fingerprint density at radius 2 is 1.81 bits per heavy atom. The Balaban J connectivity index is 1.87. The van der Waals surface area contributed by atoms with Crippen LogP contribution >= 0.6 is 0 Å². The third-order valence-corrected chi connectivity index (χ3v) is 4.72. The van der Waals surface area contributed by atoms with Crippen molar-refractivity contribution in [3.8, 4) is 0 Å². The molecule has 27 heavy (non-hydrogen) atoms. The number of aryl methyl sites for hydroxylation is 1. The molecule has 0 aliphatic heterocycles. The lowest BCUT2D eigenvalue weighted by Crippen LogP contribution is -2.45. The summed E-state index contributed by atoms with van der Waals surface area (Å²) in [5.74, 6) is -0.813. The van der Waals surface area contributed by atoms with Crippen LogP contribution < -0.4 is 10.6 Å². The van der Waals surface area contributed by atoms with Gasteiger partial charge >= 0.3 is 0 Å². The molecule has 2 aromatic carbocycles. The van der Waals surface area contributed by atoms with Crippen LogP contribution in [0.3, 0.4) is 0 Å². The molecule has 0 aliphatic rings. The number of likely N-dealkylation sites (N-methyl/N-ethyl adjacent to an activating group) is 1. The van der Waals surface area contributed by atoms with E-state index in [4.69, 9.17) is 0 Å². The molecule has 0 radical (unpaired) electrons. The highest BCUT2D eigenvalue weighted by Crippen LogP contribution is 2.17. The number of hydrogen-bond donors (Lipinski definition) is 2. The van der Waals surface area contributed by atoms with E-state index in [1.54, 1.807) is 37.1 Å². The van der Waals surface area contributed by atoms with Gasteiger partial charge in [0.1, 0.15) is 5.82 Å². The van der Waals surface area contributed by atoms with Crippen molar-refractivity contribution >= 4 is 17.5 Å². The predicted molar refractivity (Wildman–Crippen MR) is 105 cm³/mol. The minimum absolute atomic E-state index is 0.0711. The highest BCUT2D eigenvalue weighted by molar-refractivity contribution is 5.93. The number of carbonyl (C=O) groups excluding carboxylic acids is 2. The van der Waals surface area contributed by atoms with E-state index in [1.165, 1.54) is 6.07 Å². The topological polar surface area (TPSA) is 61.4 Å². The van der Waals surface area contributed by atoms with Gasteiger partial charge in [-0.25, -0.2) is 4.39 Å². The number of anilines is 1. The highest BCUT2D eigenvalue weighted by Gasteiger charge is 2.20. The SMILES string of the molecule is Cc1cccc(NC(=O)CN(C)C(C)C(=O)NCc2ccccc2F)c1C. The molecule has 144 valence electrons. The number of amides is 2. The van der Waals surface area contributed by atoms with E-state index in [9.17, 15) is 14.0 Å². The van der Waals surface area contributed by atoms with Gasteiger partial charge in [0.2, 0.25) is 11.8 Å². The quantitative estimate of drug-likeness (QED) is 0.787. The summed E-state index contributed by atoms with van der Waals surface area (Å²) in [7, 11) is 1.70. The second-order valence-electron chi connectivity index (χ2n) is 6.70. The van der Waals surface area contributed by atoms with Crippen LogP contribution in [0.25, 0.3) is 0 Å². The highest BCUT2D eigenvalue weighted by atomic mass is 19.1. The number of nitrogens with one attached hydrogen (secondary N) is 2. The fourth-order valence-corrected chi connectivity index (χ4v) is 2.61. The average Bonchev–Trinajstić information content (AvgIpc) is 2.63. The summed E-state index contributed by atoms with van der Waals surface area (Å²) in [6.07, 6.45) is 0. The zero-order valence-corrected chi connectivity index (χ0v) is 16.2. The van der Waals surface area contributed by atoms with Crippen molar-refractivity contribution in [2.45, 2.75) is 33.4 Å². The number of halogens is 1. The molecule has 0 aliphatic carbocycles. The number of hydrogen-bond acceptors (Lipinski definition) is 3. The van der Waals surface area contributed by atoms with Crippen LogP contribution in [0.15, 0.2) is 42.5 Å². The molecular weight excluding hydrogens is 345 g/mol. The third-order valence-electron chi connectivity index (χ3n) is 4.72. The summed E-state index contributed by atoms with van der Waals surface area (Å²) in [4.78, 5) is 26.3. The first-order valence-electron chi connectivity index (χ1n) is 8.87. The third kappa shape index (κ3) is 5.62. The first kappa shape index (κ1) is 20.6. The van der Waals surface area contributed by atoms with Gasteiger partial charge in [0.25, 0.3) is 0 Å². The zero-order valence-electron chi connectivity index (χ0n) is 16.2. The Morgan fingerprint density at radius 3 is 2.52 bits per heavy atom. The molecule has 0 fully saturated rings. The van der Waals surface area contributed by atoms with Crippen LogP contribution in [-0.2, 0) is 16.1 Å². The molecule has 5 nitrogen and oxygen atoms in total. The number of nitrogens with zero attached hydrogens (tertiary/aromatic N) is 1. The maximum absolute atomic E-state index is 13.6. The van der Waals surface area contributed by atoms with Crippen molar-refractivity contribution in [3.63, 3.8) is 0 Å². The van der Waals surface area contributed by atoms with E-state index in [0.29, 0.717) is 5.56 Å². The molecule has 2 amide bonds. The van der Waals surface area contributed by atoms with Crippen molar-refractivity contribution in [3.05, 3.63) is 65.0 Å². The molecule has 2 aromatic rings. The molecule has 1 atom stereocenters. The predicted octanol–water partition coefficient (Wildman–Crippen LogP) is 3.02. The Bertz CT molecular complexity index is 823. The van der Waals surface area contributed by atoms with Gasteiger partial charge in [0, 0.05) is 17.8 Å². The molecule has 0 bridgehead atoms. The van der Waals surface area contributed by atoms with Gasteiger partial charge in [0.05, 0.1) is 12.6 Å². The number of benzene rings is 2. The molecule has 2 rings (SSSR count). The summed E-state index contributed by atoms with van der Waals surface area (Å²) in [6, 6.07) is 11.5. The zero-order chi connectivity index (χ0) is 20.0. The van der Waals surface area contributed by atoms with Crippen molar-refractivity contribution in [2.24, 2.45) is 0 Å². The first-order valence-corrected chi connectivity index (χ1v) is 8.87. The number of carbonyl (C=O) groups is 2.